The maximum atomic E-state index is 12.5. The van der Waals surface area contributed by atoms with Crippen molar-refractivity contribution in [1.29, 1.82) is 0 Å². The summed E-state index contributed by atoms with van der Waals surface area (Å²) < 4.78 is 0. The molecule has 0 radical (unpaired) electrons. The van der Waals surface area contributed by atoms with Gasteiger partial charge in [-0.2, -0.15) is 0 Å². The van der Waals surface area contributed by atoms with Gasteiger partial charge in [0.05, 0.1) is 0 Å². The molecule has 0 spiro atoms. The molecule has 0 aromatic heterocycles. The second-order valence-corrected chi connectivity index (χ2v) is 6.48. The normalized spacial score (nSPS) is 35.4. The van der Waals surface area contributed by atoms with Gasteiger partial charge in [-0.25, -0.2) is 0 Å². The maximum absolute atomic E-state index is 12.5. The molecule has 2 fully saturated rings. The van der Waals surface area contributed by atoms with Crippen molar-refractivity contribution in [3.63, 3.8) is 0 Å². The molecule has 1 nitrogen and oxygen atoms in total. The standard InChI is InChI=1S/C17H20O/c1-16(2)13-9-10-17(16,3)14(15(13)18)11-12-7-5-4-6-8-12/h4-8,11,13H,9-10H2,1-3H3/t13-,17+/m1/s1. The number of allylic oxidation sites excluding steroid dienone is 1. The Labute approximate surface area is 109 Å². The van der Waals surface area contributed by atoms with E-state index in [9.17, 15) is 4.79 Å². The number of hydrogen-bond donors (Lipinski definition) is 0. The van der Waals surface area contributed by atoms with Crippen molar-refractivity contribution in [2.24, 2.45) is 16.7 Å². The highest BCUT2D eigenvalue weighted by atomic mass is 16.1. The van der Waals surface area contributed by atoms with Crippen LogP contribution in [0.25, 0.3) is 6.08 Å². The van der Waals surface area contributed by atoms with E-state index in [1.165, 1.54) is 0 Å². The number of carbonyl (C=O) groups excluding carboxylic acids is 1. The Morgan fingerprint density at radius 2 is 1.83 bits per heavy atom. The van der Waals surface area contributed by atoms with Gasteiger partial charge < -0.3 is 0 Å². The van der Waals surface area contributed by atoms with E-state index in [0.717, 1.165) is 24.0 Å². The van der Waals surface area contributed by atoms with E-state index in [1.54, 1.807) is 0 Å². The molecule has 94 valence electrons. The molecule has 1 aromatic carbocycles. The van der Waals surface area contributed by atoms with E-state index >= 15 is 0 Å². The molecule has 18 heavy (non-hydrogen) atoms. The van der Waals surface area contributed by atoms with E-state index in [0.29, 0.717) is 5.78 Å². The fourth-order valence-corrected chi connectivity index (χ4v) is 3.85. The van der Waals surface area contributed by atoms with Gasteiger partial charge in [-0.3, -0.25) is 4.79 Å². The summed E-state index contributed by atoms with van der Waals surface area (Å²) in [5, 5.41) is 0. The number of benzene rings is 1. The summed E-state index contributed by atoms with van der Waals surface area (Å²) in [7, 11) is 0. The molecule has 0 N–H and O–H groups in total. The third-order valence-electron chi connectivity index (χ3n) is 5.51. The third-order valence-corrected chi connectivity index (χ3v) is 5.51. The van der Waals surface area contributed by atoms with Gasteiger partial charge in [0, 0.05) is 16.9 Å². The SMILES string of the molecule is CC1(C)[C@@H]2CC[C@@]1(C)C(=Cc1ccccc1)C2=O. The van der Waals surface area contributed by atoms with E-state index in [4.69, 9.17) is 0 Å². The van der Waals surface area contributed by atoms with Crippen molar-refractivity contribution in [2.45, 2.75) is 33.6 Å². The predicted octanol–water partition coefficient (Wildman–Crippen LogP) is 4.10. The number of hydrogen-bond acceptors (Lipinski definition) is 1. The third kappa shape index (κ3) is 1.31. The molecule has 1 heteroatoms. The molecule has 2 bridgehead atoms. The van der Waals surface area contributed by atoms with E-state index < -0.39 is 0 Å². The first-order valence-electron chi connectivity index (χ1n) is 6.78. The molecule has 2 saturated carbocycles. The minimum absolute atomic E-state index is 0.0601. The zero-order valence-electron chi connectivity index (χ0n) is 11.4. The number of rotatable bonds is 1. The number of carbonyl (C=O) groups is 1. The monoisotopic (exact) mass is 240 g/mol. The van der Waals surface area contributed by atoms with E-state index in [1.807, 2.05) is 18.2 Å². The number of fused-ring (bicyclic) bond motifs is 2. The highest BCUT2D eigenvalue weighted by molar-refractivity contribution is 6.06. The lowest BCUT2D eigenvalue weighted by Crippen LogP contribution is -2.27. The van der Waals surface area contributed by atoms with Crippen LogP contribution in [0.15, 0.2) is 35.9 Å². The molecule has 2 aliphatic rings. The minimum Gasteiger partial charge on any atom is -0.294 e. The largest absolute Gasteiger partial charge is 0.294 e. The van der Waals surface area contributed by atoms with E-state index in [2.05, 4.69) is 39.0 Å². The summed E-state index contributed by atoms with van der Waals surface area (Å²) in [5.74, 6) is 0.620. The van der Waals surface area contributed by atoms with Crippen LogP contribution in [0.5, 0.6) is 0 Å². The fourth-order valence-electron chi connectivity index (χ4n) is 3.85. The molecule has 0 saturated heterocycles. The molecule has 0 aliphatic heterocycles. The average molecular weight is 240 g/mol. The molecular formula is C17H20O. The van der Waals surface area contributed by atoms with Crippen molar-refractivity contribution in [2.75, 3.05) is 0 Å². The lowest BCUT2D eigenvalue weighted by molar-refractivity contribution is -0.119. The predicted molar refractivity (Wildman–Crippen MR) is 74.0 cm³/mol. The Kier molecular flexibility index (Phi) is 2.32. The van der Waals surface area contributed by atoms with Gasteiger partial charge in [-0.1, -0.05) is 51.1 Å². The highest BCUT2D eigenvalue weighted by Crippen LogP contribution is 2.66. The second kappa shape index (κ2) is 3.57. The van der Waals surface area contributed by atoms with Crippen LogP contribution in [0, 0.1) is 16.7 Å². The molecule has 0 amide bonds. The summed E-state index contributed by atoms with van der Waals surface area (Å²) in [6.07, 6.45) is 4.33. The zero-order valence-corrected chi connectivity index (χ0v) is 11.4. The second-order valence-electron chi connectivity index (χ2n) is 6.48. The van der Waals surface area contributed by atoms with Crippen LogP contribution in [-0.2, 0) is 4.79 Å². The highest BCUT2D eigenvalue weighted by Gasteiger charge is 2.63. The van der Waals surface area contributed by atoms with Crippen LogP contribution in [-0.4, -0.2) is 5.78 Å². The molecule has 1 aromatic rings. The molecule has 2 atom stereocenters. The quantitative estimate of drug-likeness (QED) is 0.675. The molecule has 2 aliphatic carbocycles. The first kappa shape index (κ1) is 11.7. The van der Waals surface area contributed by atoms with Gasteiger partial charge in [0.25, 0.3) is 0 Å². The number of Topliss-reactive ketones (excluding diaryl/α,β-unsaturated/α-hetero) is 1. The van der Waals surface area contributed by atoms with Crippen molar-refractivity contribution in [3.8, 4) is 0 Å². The Balaban J connectivity index is 2.10. The fraction of sp³-hybridized carbons (Fsp3) is 0.471. The van der Waals surface area contributed by atoms with Crippen LogP contribution in [0.4, 0.5) is 0 Å². The Bertz CT molecular complexity index is 524. The summed E-state index contributed by atoms with van der Waals surface area (Å²) in [5.41, 5.74) is 2.37. The van der Waals surface area contributed by atoms with Crippen LogP contribution < -0.4 is 0 Å². The average Bonchev–Trinajstić information content (AvgIpc) is 2.65. The minimum atomic E-state index is 0.0601. The van der Waals surface area contributed by atoms with Crippen molar-refractivity contribution >= 4 is 11.9 Å². The van der Waals surface area contributed by atoms with Gasteiger partial charge in [0.2, 0.25) is 0 Å². The van der Waals surface area contributed by atoms with Crippen molar-refractivity contribution in [1.82, 2.24) is 0 Å². The topological polar surface area (TPSA) is 17.1 Å². The van der Waals surface area contributed by atoms with Gasteiger partial charge in [-0.15, -0.1) is 0 Å². The molecule has 0 unspecified atom stereocenters. The van der Waals surface area contributed by atoms with Gasteiger partial charge in [-0.05, 0) is 29.9 Å². The smallest absolute Gasteiger partial charge is 0.163 e. The lowest BCUT2D eigenvalue weighted by Gasteiger charge is -2.34. The molecule has 3 rings (SSSR count). The Morgan fingerprint density at radius 3 is 2.39 bits per heavy atom. The summed E-state index contributed by atoms with van der Waals surface area (Å²) in [4.78, 5) is 12.5. The first-order chi connectivity index (χ1) is 8.47. The first-order valence-corrected chi connectivity index (χ1v) is 6.78. The molecular weight excluding hydrogens is 220 g/mol. The number of ketones is 1. The summed E-state index contributed by atoms with van der Waals surface area (Å²) >= 11 is 0. The van der Waals surface area contributed by atoms with Crippen LogP contribution in [0.3, 0.4) is 0 Å². The van der Waals surface area contributed by atoms with Crippen molar-refractivity contribution in [3.05, 3.63) is 41.5 Å². The Hall–Kier alpha value is -1.37. The zero-order chi connectivity index (χ0) is 13.0. The van der Waals surface area contributed by atoms with E-state index in [-0.39, 0.29) is 16.7 Å². The maximum Gasteiger partial charge on any atom is 0.163 e. The van der Waals surface area contributed by atoms with Crippen LogP contribution in [0.2, 0.25) is 0 Å². The lowest BCUT2D eigenvalue weighted by atomic mass is 9.69. The van der Waals surface area contributed by atoms with Crippen molar-refractivity contribution < 1.29 is 4.79 Å². The van der Waals surface area contributed by atoms with Crippen LogP contribution >= 0.6 is 0 Å². The Morgan fingerprint density at radius 1 is 1.17 bits per heavy atom. The van der Waals surface area contributed by atoms with Gasteiger partial charge in [0.15, 0.2) is 5.78 Å². The summed E-state index contributed by atoms with van der Waals surface area (Å²) in [6, 6.07) is 10.2. The van der Waals surface area contributed by atoms with Crippen LogP contribution in [0.1, 0.15) is 39.2 Å². The van der Waals surface area contributed by atoms with Gasteiger partial charge in [0.1, 0.15) is 0 Å². The molecule has 0 heterocycles. The summed E-state index contributed by atoms with van der Waals surface area (Å²) in [6.45, 7) is 6.79. The van der Waals surface area contributed by atoms with Gasteiger partial charge >= 0.3 is 0 Å².